The van der Waals surface area contributed by atoms with Crippen molar-refractivity contribution < 1.29 is 4.74 Å². The molecule has 1 aromatic rings. The zero-order valence-electron chi connectivity index (χ0n) is 12.9. The van der Waals surface area contributed by atoms with Gasteiger partial charge in [-0.05, 0) is 44.0 Å². The Kier molecular flexibility index (Phi) is 6.51. The highest BCUT2D eigenvalue weighted by Crippen LogP contribution is 2.14. The van der Waals surface area contributed by atoms with Crippen LogP contribution in [-0.2, 0) is 17.9 Å². The summed E-state index contributed by atoms with van der Waals surface area (Å²) < 4.78 is 6.01. The van der Waals surface area contributed by atoms with E-state index in [9.17, 15) is 0 Å². The molecule has 1 aliphatic heterocycles. The third-order valence-corrected chi connectivity index (χ3v) is 3.93. The zero-order valence-corrected chi connectivity index (χ0v) is 12.9. The maximum absolute atomic E-state index is 6.01. The Morgan fingerprint density at radius 2 is 1.80 bits per heavy atom. The highest BCUT2D eigenvalue weighted by Gasteiger charge is 2.16. The predicted octanol–water partition coefficient (Wildman–Crippen LogP) is 2.80. The fourth-order valence-corrected chi connectivity index (χ4v) is 2.53. The van der Waals surface area contributed by atoms with Crippen molar-refractivity contribution >= 4 is 0 Å². The normalized spacial score (nSPS) is 17.5. The smallest absolute Gasteiger partial charge is 0.0720 e. The molecule has 0 amide bonds. The van der Waals surface area contributed by atoms with E-state index in [1.54, 1.807) is 0 Å². The van der Waals surface area contributed by atoms with E-state index in [4.69, 9.17) is 4.74 Å². The molecule has 3 nitrogen and oxygen atoms in total. The Balaban J connectivity index is 1.70. The fraction of sp³-hybridized carbons (Fsp3) is 0.647. The molecular formula is C17H28N2O. The molecule has 0 spiro atoms. The standard InChI is InChI=1S/C17H28N2O/c1-3-10-18-13-15-4-6-16(7-5-15)14-20-17-8-11-19(2)12-9-17/h4-7,17-18H,3,8-14H2,1-2H3. The minimum atomic E-state index is 0.442. The Bertz CT molecular complexity index is 369. The predicted molar refractivity (Wildman–Crippen MR) is 83.7 cm³/mol. The third kappa shape index (κ3) is 5.23. The van der Waals surface area contributed by atoms with Crippen LogP contribution in [0.2, 0.25) is 0 Å². The van der Waals surface area contributed by atoms with Crippen molar-refractivity contribution in [3.8, 4) is 0 Å². The van der Waals surface area contributed by atoms with Crippen molar-refractivity contribution in [1.29, 1.82) is 0 Å². The highest BCUT2D eigenvalue weighted by molar-refractivity contribution is 5.21. The molecule has 3 heteroatoms. The van der Waals surface area contributed by atoms with Crippen LogP contribution < -0.4 is 5.32 Å². The first-order valence-corrected chi connectivity index (χ1v) is 7.86. The van der Waals surface area contributed by atoms with E-state index >= 15 is 0 Å². The van der Waals surface area contributed by atoms with Crippen molar-refractivity contribution in [2.75, 3.05) is 26.7 Å². The molecular weight excluding hydrogens is 248 g/mol. The number of piperidine rings is 1. The molecule has 1 N–H and O–H groups in total. The number of ether oxygens (including phenoxy) is 1. The van der Waals surface area contributed by atoms with E-state index in [1.165, 1.54) is 17.5 Å². The lowest BCUT2D eigenvalue weighted by molar-refractivity contribution is 0.00213. The summed E-state index contributed by atoms with van der Waals surface area (Å²) in [6, 6.07) is 8.79. The molecule has 1 aliphatic rings. The van der Waals surface area contributed by atoms with Gasteiger partial charge < -0.3 is 15.0 Å². The molecule has 1 heterocycles. The average molecular weight is 276 g/mol. The van der Waals surface area contributed by atoms with Gasteiger partial charge in [0.25, 0.3) is 0 Å². The summed E-state index contributed by atoms with van der Waals surface area (Å²) in [6.45, 7) is 7.30. The molecule has 0 aromatic heterocycles. The van der Waals surface area contributed by atoms with E-state index in [1.807, 2.05) is 0 Å². The van der Waals surface area contributed by atoms with Crippen LogP contribution in [0.1, 0.15) is 37.3 Å². The van der Waals surface area contributed by atoms with Gasteiger partial charge in [0.15, 0.2) is 0 Å². The van der Waals surface area contributed by atoms with E-state index < -0.39 is 0 Å². The minimum absolute atomic E-state index is 0.442. The van der Waals surface area contributed by atoms with Gasteiger partial charge in [-0.2, -0.15) is 0 Å². The van der Waals surface area contributed by atoms with Gasteiger partial charge in [0.1, 0.15) is 0 Å². The van der Waals surface area contributed by atoms with Gasteiger partial charge in [0.05, 0.1) is 12.7 Å². The number of hydrogen-bond donors (Lipinski definition) is 1. The van der Waals surface area contributed by atoms with Crippen LogP contribution in [0.4, 0.5) is 0 Å². The lowest BCUT2D eigenvalue weighted by Crippen LogP contribution is -2.34. The van der Waals surface area contributed by atoms with E-state index in [0.717, 1.165) is 45.6 Å². The Morgan fingerprint density at radius 1 is 1.15 bits per heavy atom. The molecule has 1 fully saturated rings. The van der Waals surface area contributed by atoms with Crippen LogP contribution in [0.5, 0.6) is 0 Å². The molecule has 1 aromatic carbocycles. The van der Waals surface area contributed by atoms with Crippen molar-refractivity contribution in [2.24, 2.45) is 0 Å². The van der Waals surface area contributed by atoms with Crippen molar-refractivity contribution in [3.63, 3.8) is 0 Å². The average Bonchev–Trinajstić information content (AvgIpc) is 2.48. The van der Waals surface area contributed by atoms with E-state index in [2.05, 4.69) is 48.5 Å². The van der Waals surface area contributed by atoms with E-state index in [-0.39, 0.29) is 0 Å². The van der Waals surface area contributed by atoms with Crippen molar-refractivity contribution in [1.82, 2.24) is 10.2 Å². The lowest BCUT2D eigenvalue weighted by atomic mass is 10.1. The number of rotatable bonds is 7. The van der Waals surface area contributed by atoms with Crippen molar-refractivity contribution in [3.05, 3.63) is 35.4 Å². The summed E-state index contributed by atoms with van der Waals surface area (Å²) in [6.07, 6.45) is 3.95. The number of likely N-dealkylation sites (tertiary alicyclic amines) is 1. The molecule has 0 atom stereocenters. The second-order valence-corrected chi connectivity index (χ2v) is 5.81. The molecule has 112 valence electrons. The van der Waals surface area contributed by atoms with Crippen LogP contribution in [0.25, 0.3) is 0 Å². The van der Waals surface area contributed by atoms with Gasteiger partial charge in [0, 0.05) is 19.6 Å². The van der Waals surface area contributed by atoms with Crippen LogP contribution >= 0.6 is 0 Å². The van der Waals surface area contributed by atoms with Crippen LogP contribution in [0.15, 0.2) is 24.3 Å². The number of nitrogens with one attached hydrogen (secondary N) is 1. The first-order valence-electron chi connectivity index (χ1n) is 7.86. The topological polar surface area (TPSA) is 24.5 Å². The highest BCUT2D eigenvalue weighted by atomic mass is 16.5. The lowest BCUT2D eigenvalue weighted by Gasteiger charge is -2.28. The van der Waals surface area contributed by atoms with Gasteiger partial charge in [-0.3, -0.25) is 0 Å². The van der Waals surface area contributed by atoms with Crippen LogP contribution in [0.3, 0.4) is 0 Å². The summed E-state index contributed by atoms with van der Waals surface area (Å²) in [7, 11) is 2.18. The van der Waals surface area contributed by atoms with Crippen LogP contribution in [-0.4, -0.2) is 37.7 Å². The number of benzene rings is 1. The summed E-state index contributed by atoms with van der Waals surface area (Å²) >= 11 is 0. The number of hydrogen-bond acceptors (Lipinski definition) is 3. The zero-order chi connectivity index (χ0) is 14.2. The fourth-order valence-electron chi connectivity index (χ4n) is 2.53. The largest absolute Gasteiger partial charge is 0.373 e. The third-order valence-electron chi connectivity index (χ3n) is 3.93. The monoisotopic (exact) mass is 276 g/mol. The summed E-state index contributed by atoms with van der Waals surface area (Å²) in [5.41, 5.74) is 2.63. The summed E-state index contributed by atoms with van der Waals surface area (Å²) in [4.78, 5) is 2.37. The Hall–Kier alpha value is -0.900. The second kappa shape index (κ2) is 8.40. The van der Waals surface area contributed by atoms with Gasteiger partial charge in [-0.25, -0.2) is 0 Å². The maximum atomic E-state index is 6.01. The van der Waals surface area contributed by atoms with Gasteiger partial charge in [-0.1, -0.05) is 31.2 Å². The first-order chi connectivity index (χ1) is 9.78. The summed E-state index contributed by atoms with van der Waals surface area (Å²) in [5, 5.41) is 3.42. The Labute approximate surface area is 123 Å². The summed E-state index contributed by atoms with van der Waals surface area (Å²) in [5.74, 6) is 0. The first kappa shape index (κ1) is 15.5. The maximum Gasteiger partial charge on any atom is 0.0720 e. The quantitative estimate of drug-likeness (QED) is 0.775. The molecule has 0 bridgehead atoms. The molecule has 0 radical (unpaired) electrons. The van der Waals surface area contributed by atoms with Gasteiger partial charge in [-0.15, -0.1) is 0 Å². The number of nitrogens with zero attached hydrogens (tertiary/aromatic N) is 1. The van der Waals surface area contributed by atoms with Crippen molar-refractivity contribution in [2.45, 2.75) is 45.4 Å². The van der Waals surface area contributed by atoms with E-state index in [0.29, 0.717) is 6.10 Å². The van der Waals surface area contributed by atoms with Gasteiger partial charge in [0.2, 0.25) is 0 Å². The molecule has 0 aliphatic carbocycles. The second-order valence-electron chi connectivity index (χ2n) is 5.81. The Morgan fingerprint density at radius 3 is 2.45 bits per heavy atom. The van der Waals surface area contributed by atoms with Gasteiger partial charge >= 0.3 is 0 Å². The minimum Gasteiger partial charge on any atom is -0.373 e. The molecule has 20 heavy (non-hydrogen) atoms. The van der Waals surface area contributed by atoms with Crippen LogP contribution in [0, 0.1) is 0 Å². The SMILES string of the molecule is CCCNCc1ccc(COC2CCN(C)CC2)cc1. The molecule has 0 saturated carbocycles. The molecule has 2 rings (SSSR count). The molecule has 0 unspecified atom stereocenters. The molecule has 1 saturated heterocycles.